The van der Waals surface area contributed by atoms with Crippen LogP contribution in [-0.4, -0.2) is 43.7 Å². The maximum Gasteiger partial charge on any atom is 0.252 e. The van der Waals surface area contributed by atoms with Crippen LogP contribution in [0.2, 0.25) is 0 Å². The minimum atomic E-state index is -0.00431. The average Bonchev–Trinajstić information content (AvgIpc) is 3.13. The monoisotopic (exact) mass is 384 g/mol. The van der Waals surface area contributed by atoms with Crippen molar-refractivity contribution in [2.24, 2.45) is 0 Å². The number of fused-ring (bicyclic) bond motifs is 1. The van der Waals surface area contributed by atoms with E-state index in [-0.39, 0.29) is 11.9 Å². The van der Waals surface area contributed by atoms with Gasteiger partial charge in [0, 0.05) is 29.9 Å². The number of nitrogens with zero attached hydrogens (tertiary/aromatic N) is 1. The number of nitrogens with one attached hydrogen (secondary N) is 1. The summed E-state index contributed by atoms with van der Waals surface area (Å²) in [7, 11) is 0. The van der Waals surface area contributed by atoms with Crippen LogP contribution in [0.3, 0.4) is 0 Å². The van der Waals surface area contributed by atoms with E-state index in [4.69, 9.17) is 4.74 Å². The van der Waals surface area contributed by atoms with Crippen LogP contribution in [0.15, 0.2) is 29.6 Å². The number of morpholine rings is 1. The molecule has 2 aromatic rings. The summed E-state index contributed by atoms with van der Waals surface area (Å²) >= 11 is 1.75. The van der Waals surface area contributed by atoms with E-state index >= 15 is 0 Å². The molecule has 1 atom stereocenters. The van der Waals surface area contributed by atoms with Crippen LogP contribution >= 0.6 is 11.3 Å². The van der Waals surface area contributed by atoms with Crippen molar-refractivity contribution in [3.05, 3.63) is 56.8 Å². The molecule has 1 amide bonds. The van der Waals surface area contributed by atoms with Crippen molar-refractivity contribution in [3.63, 3.8) is 0 Å². The van der Waals surface area contributed by atoms with Crippen LogP contribution in [0.4, 0.5) is 0 Å². The van der Waals surface area contributed by atoms with E-state index in [1.807, 2.05) is 0 Å². The van der Waals surface area contributed by atoms with Crippen LogP contribution in [0, 0.1) is 6.92 Å². The third kappa shape index (κ3) is 4.42. The van der Waals surface area contributed by atoms with Gasteiger partial charge in [-0.15, -0.1) is 11.3 Å². The highest BCUT2D eigenvalue weighted by molar-refractivity contribution is 7.10. The maximum atomic E-state index is 13.1. The molecule has 5 heteroatoms. The molecule has 1 aromatic carbocycles. The van der Waals surface area contributed by atoms with Gasteiger partial charge in [-0.05, 0) is 43.7 Å². The standard InChI is InChI=1S/C22H28N2O2S/c1-16-6-8-17(9-7-16)20(14-24-10-12-26-13-11-24)23-22(25)19-15-27-21-5-3-2-4-18(19)21/h6-9,15,20H,2-5,10-14H2,1H3,(H,23,25). The molecule has 1 N–H and O–H groups in total. The molecule has 4 rings (SSSR count). The van der Waals surface area contributed by atoms with E-state index in [0.717, 1.165) is 51.3 Å². The number of aryl methyl sites for hydroxylation is 2. The minimum Gasteiger partial charge on any atom is -0.379 e. The number of hydrogen-bond acceptors (Lipinski definition) is 4. The third-order valence-corrected chi connectivity index (χ3v) is 6.72. The SMILES string of the molecule is Cc1ccc(C(CN2CCOCC2)NC(=O)c2csc3c2CCCC3)cc1. The number of thiophene rings is 1. The van der Waals surface area contributed by atoms with E-state index in [9.17, 15) is 4.79 Å². The van der Waals surface area contributed by atoms with E-state index in [1.165, 1.54) is 34.4 Å². The highest BCUT2D eigenvalue weighted by Crippen LogP contribution is 2.30. The molecule has 0 bridgehead atoms. The molecule has 1 fully saturated rings. The summed E-state index contributed by atoms with van der Waals surface area (Å²) in [4.78, 5) is 16.9. The first-order chi connectivity index (χ1) is 13.2. The zero-order chi connectivity index (χ0) is 18.6. The topological polar surface area (TPSA) is 41.6 Å². The van der Waals surface area contributed by atoms with Crippen molar-refractivity contribution in [2.75, 3.05) is 32.8 Å². The van der Waals surface area contributed by atoms with Gasteiger partial charge in [-0.2, -0.15) is 0 Å². The van der Waals surface area contributed by atoms with E-state index in [0.29, 0.717) is 0 Å². The number of rotatable bonds is 5. The Kier molecular flexibility index (Phi) is 5.91. The summed E-state index contributed by atoms with van der Waals surface area (Å²) in [6.45, 7) is 6.30. The molecule has 4 nitrogen and oxygen atoms in total. The molecule has 27 heavy (non-hydrogen) atoms. The molecular formula is C22H28N2O2S. The largest absolute Gasteiger partial charge is 0.379 e. The molecular weight excluding hydrogens is 356 g/mol. The zero-order valence-electron chi connectivity index (χ0n) is 16.0. The highest BCUT2D eigenvalue weighted by atomic mass is 32.1. The molecule has 1 aliphatic heterocycles. The minimum absolute atomic E-state index is 0.00431. The van der Waals surface area contributed by atoms with Gasteiger partial charge in [0.2, 0.25) is 0 Å². The fourth-order valence-electron chi connectivity index (χ4n) is 4.00. The quantitative estimate of drug-likeness (QED) is 0.854. The molecule has 144 valence electrons. The van der Waals surface area contributed by atoms with Crippen molar-refractivity contribution >= 4 is 17.2 Å². The van der Waals surface area contributed by atoms with Crippen LogP contribution in [0.5, 0.6) is 0 Å². The summed E-state index contributed by atoms with van der Waals surface area (Å²) in [5.41, 5.74) is 4.60. The van der Waals surface area contributed by atoms with Crippen LogP contribution in [0.1, 0.15) is 50.8 Å². The van der Waals surface area contributed by atoms with Gasteiger partial charge in [0.25, 0.3) is 5.91 Å². The van der Waals surface area contributed by atoms with Gasteiger partial charge in [0.1, 0.15) is 0 Å². The van der Waals surface area contributed by atoms with Crippen LogP contribution < -0.4 is 5.32 Å². The summed E-state index contributed by atoms with van der Waals surface area (Å²) in [6.07, 6.45) is 4.61. The van der Waals surface area contributed by atoms with Gasteiger partial charge >= 0.3 is 0 Å². The Bertz CT molecular complexity index is 778. The van der Waals surface area contributed by atoms with Crippen LogP contribution in [0.25, 0.3) is 0 Å². The zero-order valence-corrected chi connectivity index (χ0v) is 16.8. The first-order valence-corrected chi connectivity index (χ1v) is 10.9. The molecule has 0 saturated carbocycles. The lowest BCUT2D eigenvalue weighted by molar-refractivity contribution is 0.0332. The summed E-state index contributed by atoms with van der Waals surface area (Å²) in [6, 6.07) is 8.53. The predicted octanol–water partition coefficient (Wildman–Crippen LogP) is 3.74. The van der Waals surface area contributed by atoms with Gasteiger partial charge in [-0.25, -0.2) is 0 Å². The Morgan fingerprint density at radius 3 is 2.70 bits per heavy atom. The second kappa shape index (κ2) is 8.55. The van der Waals surface area contributed by atoms with Crippen molar-refractivity contribution in [1.29, 1.82) is 0 Å². The molecule has 0 radical (unpaired) electrons. The lowest BCUT2D eigenvalue weighted by Crippen LogP contribution is -2.43. The van der Waals surface area contributed by atoms with Crippen molar-refractivity contribution in [2.45, 2.75) is 38.6 Å². The first kappa shape index (κ1) is 18.7. The van der Waals surface area contributed by atoms with Crippen molar-refractivity contribution in [3.8, 4) is 0 Å². The number of carbonyl (C=O) groups is 1. The van der Waals surface area contributed by atoms with E-state index in [1.54, 1.807) is 11.3 Å². The number of amides is 1. The Hall–Kier alpha value is -1.69. The first-order valence-electron chi connectivity index (χ1n) is 9.97. The van der Waals surface area contributed by atoms with Gasteiger partial charge in [-0.3, -0.25) is 9.69 Å². The van der Waals surface area contributed by atoms with Crippen molar-refractivity contribution < 1.29 is 9.53 Å². The van der Waals surface area contributed by atoms with Gasteiger partial charge in [-0.1, -0.05) is 29.8 Å². The van der Waals surface area contributed by atoms with Crippen molar-refractivity contribution in [1.82, 2.24) is 10.2 Å². The maximum absolute atomic E-state index is 13.1. The molecule has 2 aliphatic rings. The van der Waals surface area contributed by atoms with E-state index < -0.39 is 0 Å². The Morgan fingerprint density at radius 1 is 1.19 bits per heavy atom. The third-order valence-electron chi connectivity index (χ3n) is 5.64. The normalized spacial score (nSPS) is 18.7. The highest BCUT2D eigenvalue weighted by Gasteiger charge is 2.24. The summed E-state index contributed by atoms with van der Waals surface area (Å²) in [5.74, 6) is 0.0771. The number of ether oxygens (including phenoxy) is 1. The van der Waals surface area contributed by atoms with Crippen LogP contribution in [-0.2, 0) is 17.6 Å². The second-order valence-electron chi connectivity index (χ2n) is 7.61. The summed E-state index contributed by atoms with van der Waals surface area (Å²) in [5, 5.41) is 5.40. The Balaban J connectivity index is 1.53. The lowest BCUT2D eigenvalue weighted by atomic mass is 9.95. The average molecular weight is 385 g/mol. The number of carbonyl (C=O) groups excluding carboxylic acids is 1. The molecule has 0 spiro atoms. The Labute approximate surface area is 165 Å². The fourth-order valence-corrected chi connectivity index (χ4v) is 5.12. The Morgan fingerprint density at radius 2 is 1.93 bits per heavy atom. The fraction of sp³-hybridized carbons (Fsp3) is 0.500. The van der Waals surface area contributed by atoms with Gasteiger partial charge in [0.15, 0.2) is 0 Å². The molecule has 1 saturated heterocycles. The number of hydrogen-bond donors (Lipinski definition) is 1. The molecule has 1 aromatic heterocycles. The van der Waals surface area contributed by atoms with E-state index in [2.05, 4.69) is 46.8 Å². The smallest absolute Gasteiger partial charge is 0.252 e. The van der Waals surface area contributed by atoms with Gasteiger partial charge < -0.3 is 10.1 Å². The number of benzene rings is 1. The summed E-state index contributed by atoms with van der Waals surface area (Å²) < 4.78 is 5.48. The molecule has 1 aliphatic carbocycles. The lowest BCUT2D eigenvalue weighted by Gasteiger charge is -2.31. The molecule has 1 unspecified atom stereocenters. The second-order valence-corrected chi connectivity index (χ2v) is 8.57. The predicted molar refractivity (Wildman–Crippen MR) is 110 cm³/mol. The molecule has 2 heterocycles. The van der Waals surface area contributed by atoms with Gasteiger partial charge in [0.05, 0.1) is 24.8 Å².